The lowest BCUT2D eigenvalue weighted by molar-refractivity contribution is 0.475. The number of halogens is 2. The highest BCUT2D eigenvalue weighted by atomic mass is 35.5. The molecular formula is C14H14Cl2O. The third-order valence-corrected chi connectivity index (χ3v) is 3.26. The Kier molecular flexibility index (Phi) is 5.33. The zero-order valence-corrected chi connectivity index (χ0v) is 11.3. The van der Waals surface area contributed by atoms with Gasteiger partial charge in [0.15, 0.2) is 0 Å². The van der Waals surface area contributed by atoms with Crippen LogP contribution in [0.1, 0.15) is 11.1 Å². The first-order chi connectivity index (χ1) is 8.02. The first kappa shape index (κ1) is 13.9. The lowest BCUT2D eigenvalue weighted by Gasteiger charge is -2.02. The zero-order chi connectivity index (χ0) is 12.8. The zero-order valence-electron chi connectivity index (χ0n) is 9.74. The molecule has 0 atom stereocenters. The van der Waals surface area contributed by atoms with Crippen LogP contribution in [0, 0.1) is 13.8 Å². The van der Waals surface area contributed by atoms with E-state index in [0.717, 1.165) is 21.2 Å². The first-order valence-corrected chi connectivity index (χ1v) is 5.93. The number of aromatic hydroxyl groups is 1. The van der Waals surface area contributed by atoms with Crippen molar-refractivity contribution in [2.75, 3.05) is 0 Å². The van der Waals surface area contributed by atoms with E-state index in [1.807, 2.05) is 32.0 Å². The normalized spacial score (nSPS) is 9.41. The van der Waals surface area contributed by atoms with Crippen LogP contribution in [-0.2, 0) is 0 Å². The summed E-state index contributed by atoms with van der Waals surface area (Å²) in [5.74, 6) is 0.322. The molecule has 0 saturated heterocycles. The van der Waals surface area contributed by atoms with Gasteiger partial charge in [0.25, 0.3) is 0 Å². The van der Waals surface area contributed by atoms with Crippen molar-refractivity contribution >= 4 is 23.2 Å². The number of benzene rings is 2. The molecule has 0 heterocycles. The quantitative estimate of drug-likeness (QED) is 0.713. The Labute approximate surface area is 112 Å². The molecule has 1 N–H and O–H groups in total. The topological polar surface area (TPSA) is 20.2 Å². The van der Waals surface area contributed by atoms with Crippen molar-refractivity contribution in [3.8, 4) is 5.75 Å². The van der Waals surface area contributed by atoms with Gasteiger partial charge < -0.3 is 5.11 Å². The van der Waals surface area contributed by atoms with E-state index in [2.05, 4.69) is 0 Å². The third kappa shape index (κ3) is 4.29. The molecule has 2 aromatic carbocycles. The average Bonchev–Trinajstić information content (AvgIpc) is 2.33. The van der Waals surface area contributed by atoms with Gasteiger partial charge in [0.1, 0.15) is 5.75 Å². The molecule has 0 aliphatic carbocycles. The number of hydrogen-bond acceptors (Lipinski definition) is 1. The molecule has 3 heteroatoms. The second kappa shape index (κ2) is 6.53. The van der Waals surface area contributed by atoms with E-state index in [0.29, 0.717) is 5.75 Å². The summed E-state index contributed by atoms with van der Waals surface area (Å²) in [6, 6.07) is 12.5. The van der Waals surface area contributed by atoms with Gasteiger partial charge in [0, 0.05) is 10.0 Å². The fourth-order valence-electron chi connectivity index (χ4n) is 1.22. The molecule has 0 aromatic heterocycles. The molecular weight excluding hydrogens is 255 g/mol. The van der Waals surface area contributed by atoms with Gasteiger partial charge in [-0.05, 0) is 43.2 Å². The van der Waals surface area contributed by atoms with Gasteiger partial charge in [-0.25, -0.2) is 0 Å². The van der Waals surface area contributed by atoms with Crippen molar-refractivity contribution in [2.24, 2.45) is 0 Å². The summed E-state index contributed by atoms with van der Waals surface area (Å²) in [6.45, 7) is 3.88. The second-order valence-electron chi connectivity index (χ2n) is 3.64. The Morgan fingerprint density at radius 1 is 0.882 bits per heavy atom. The minimum Gasteiger partial charge on any atom is -0.508 e. The Morgan fingerprint density at radius 2 is 1.47 bits per heavy atom. The highest BCUT2D eigenvalue weighted by Gasteiger charge is 2.01. The summed E-state index contributed by atoms with van der Waals surface area (Å²) in [6.07, 6.45) is 0. The van der Waals surface area contributed by atoms with Gasteiger partial charge >= 0.3 is 0 Å². The van der Waals surface area contributed by atoms with Gasteiger partial charge in [0.2, 0.25) is 0 Å². The number of hydrogen-bond donors (Lipinski definition) is 1. The van der Waals surface area contributed by atoms with Crippen LogP contribution in [0.4, 0.5) is 0 Å². The Hall–Kier alpha value is -1.18. The van der Waals surface area contributed by atoms with Crippen molar-refractivity contribution in [3.63, 3.8) is 0 Å². The maximum Gasteiger partial charge on any atom is 0.115 e. The SMILES string of the molecule is Cc1ccc(Cl)c(C)c1Cl.Oc1ccccc1. The summed E-state index contributed by atoms with van der Waals surface area (Å²) in [7, 11) is 0. The van der Waals surface area contributed by atoms with Crippen LogP contribution < -0.4 is 0 Å². The minimum atomic E-state index is 0.322. The molecule has 0 aliphatic heterocycles. The molecule has 2 rings (SSSR count). The van der Waals surface area contributed by atoms with Gasteiger partial charge in [-0.15, -0.1) is 0 Å². The van der Waals surface area contributed by atoms with Gasteiger partial charge in [-0.3, -0.25) is 0 Å². The predicted octanol–water partition coefficient (Wildman–Crippen LogP) is 5.00. The summed E-state index contributed by atoms with van der Waals surface area (Å²) < 4.78 is 0. The minimum absolute atomic E-state index is 0.322. The van der Waals surface area contributed by atoms with Crippen LogP contribution in [0.2, 0.25) is 10.0 Å². The molecule has 0 spiro atoms. The van der Waals surface area contributed by atoms with Crippen LogP contribution >= 0.6 is 23.2 Å². The number of phenols is 1. The number of aryl methyl sites for hydroxylation is 1. The standard InChI is InChI=1S/C8H8Cl2.C6H6O/c1-5-3-4-7(9)6(2)8(5)10;7-6-4-2-1-3-5-6/h3-4H,1-2H3;1-5,7H. The summed E-state index contributed by atoms with van der Waals surface area (Å²) in [5, 5.41) is 10.1. The van der Waals surface area contributed by atoms with Crippen molar-refractivity contribution in [3.05, 3.63) is 63.6 Å². The van der Waals surface area contributed by atoms with E-state index < -0.39 is 0 Å². The van der Waals surface area contributed by atoms with E-state index in [4.69, 9.17) is 28.3 Å². The van der Waals surface area contributed by atoms with E-state index in [9.17, 15) is 0 Å². The maximum absolute atomic E-state index is 8.63. The van der Waals surface area contributed by atoms with Crippen LogP contribution in [0.15, 0.2) is 42.5 Å². The van der Waals surface area contributed by atoms with Crippen molar-refractivity contribution in [2.45, 2.75) is 13.8 Å². The lowest BCUT2D eigenvalue weighted by Crippen LogP contribution is -1.80. The van der Waals surface area contributed by atoms with Crippen molar-refractivity contribution < 1.29 is 5.11 Å². The lowest BCUT2D eigenvalue weighted by atomic mass is 10.2. The molecule has 0 radical (unpaired) electrons. The largest absolute Gasteiger partial charge is 0.508 e. The third-order valence-electron chi connectivity index (χ3n) is 2.27. The summed E-state index contributed by atoms with van der Waals surface area (Å²) in [4.78, 5) is 0. The van der Waals surface area contributed by atoms with Crippen LogP contribution in [-0.4, -0.2) is 5.11 Å². The van der Waals surface area contributed by atoms with Crippen LogP contribution in [0.3, 0.4) is 0 Å². The van der Waals surface area contributed by atoms with E-state index in [-0.39, 0.29) is 0 Å². The highest BCUT2D eigenvalue weighted by molar-refractivity contribution is 6.36. The fraction of sp³-hybridized carbons (Fsp3) is 0.143. The van der Waals surface area contributed by atoms with Gasteiger partial charge in [0.05, 0.1) is 0 Å². The van der Waals surface area contributed by atoms with E-state index in [1.54, 1.807) is 24.3 Å². The van der Waals surface area contributed by atoms with E-state index >= 15 is 0 Å². The second-order valence-corrected chi connectivity index (χ2v) is 4.42. The Morgan fingerprint density at radius 3 is 1.88 bits per heavy atom. The highest BCUT2D eigenvalue weighted by Crippen LogP contribution is 2.26. The Bertz CT molecular complexity index is 454. The predicted molar refractivity (Wildman–Crippen MR) is 74.0 cm³/mol. The van der Waals surface area contributed by atoms with Crippen molar-refractivity contribution in [1.82, 2.24) is 0 Å². The Balaban J connectivity index is 0.000000181. The molecule has 0 fully saturated rings. The molecule has 0 unspecified atom stereocenters. The molecule has 0 amide bonds. The van der Waals surface area contributed by atoms with Crippen LogP contribution in [0.5, 0.6) is 5.75 Å². The molecule has 2 aromatic rings. The van der Waals surface area contributed by atoms with Crippen LogP contribution in [0.25, 0.3) is 0 Å². The van der Waals surface area contributed by atoms with Crippen molar-refractivity contribution in [1.29, 1.82) is 0 Å². The monoisotopic (exact) mass is 268 g/mol. The molecule has 0 bridgehead atoms. The smallest absolute Gasteiger partial charge is 0.115 e. The summed E-state index contributed by atoms with van der Waals surface area (Å²) >= 11 is 11.7. The molecule has 90 valence electrons. The molecule has 17 heavy (non-hydrogen) atoms. The number of phenolic OH excluding ortho intramolecular Hbond substituents is 1. The van der Waals surface area contributed by atoms with Gasteiger partial charge in [-0.1, -0.05) is 47.5 Å². The number of rotatable bonds is 0. The molecule has 1 nitrogen and oxygen atoms in total. The molecule has 0 saturated carbocycles. The van der Waals surface area contributed by atoms with Gasteiger partial charge in [-0.2, -0.15) is 0 Å². The van der Waals surface area contributed by atoms with E-state index in [1.165, 1.54) is 0 Å². The summed E-state index contributed by atoms with van der Waals surface area (Å²) in [5.41, 5.74) is 2.03. The first-order valence-electron chi connectivity index (χ1n) is 5.17. The number of para-hydroxylation sites is 1. The molecule has 0 aliphatic rings. The fourth-order valence-corrected chi connectivity index (χ4v) is 1.60. The maximum atomic E-state index is 8.63. The average molecular weight is 269 g/mol.